The molecule has 1 aromatic carbocycles. The molecule has 0 spiro atoms. The lowest BCUT2D eigenvalue weighted by atomic mass is 10.2. The van der Waals surface area contributed by atoms with E-state index < -0.39 is 0 Å². The molecule has 0 aliphatic heterocycles. The van der Waals surface area contributed by atoms with Crippen LogP contribution in [-0.2, 0) is 6.54 Å². The van der Waals surface area contributed by atoms with Gasteiger partial charge in [0.2, 0.25) is 0 Å². The molecule has 120 valence electrons. The average Bonchev–Trinajstić information content (AvgIpc) is 3.20. The van der Waals surface area contributed by atoms with Gasteiger partial charge >= 0.3 is 0 Å². The highest BCUT2D eigenvalue weighted by atomic mass is 16.5. The first-order valence-corrected chi connectivity index (χ1v) is 7.62. The van der Waals surface area contributed by atoms with Gasteiger partial charge in [0.1, 0.15) is 22.5 Å². The lowest BCUT2D eigenvalue weighted by Crippen LogP contribution is -2.01. The van der Waals surface area contributed by atoms with E-state index in [2.05, 4.69) is 15.1 Å². The third kappa shape index (κ3) is 2.62. The molecule has 6 nitrogen and oxygen atoms in total. The number of hydrogen-bond acceptors (Lipinski definition) is 5. The van der Waals surface area contributed by atoms with Crippen molar-refractivity contribution >= 4 is 11.0 Å². The third-order valence-electron chi connectivity index (χ3n) is 3.79. The smallest absolute Gasteiger partial charge is 0.196 e. The molecule has 0 amide bonds. The number of para-hydroxylation sites is 1. The summed E-state index contributed by atoms with van der Waals surface area (Å²) in [6, 6.07) is 11.7. The van der Waals surface area contributed by atoms with Crippen molar-refractivity contribution in [3.8, 4) is 17.3 Å². The molecule has 4 aromatic rings. The van der Waals surface area contributed by atoms with Crippen molar-refractivity contribution < 1.29 is 9.15 Å². The first-order valence-electron chi connectivity index (χ1n) is 7.62. The molecular weight excluding hydrogens is 304 g/mol. The van der Waals surface area contributed by atoms with Crippen LogP contribution in [0.4, 0.5) is 0 Å². The predicted octanol–water partition coefficient (Wildman–Crippen LogP) is 3.45. The summed E-state index contributed by atoms with van der Waals surface area (Å²) >= 11 is 0. The summed E-state index contributed by atoms with van der Waals surface area (Å²) in [4.78, 5) is 8.88. The quantitative estimate of drug-likeness (QED) is 0.576. The minimum Gasteiger partial charge on any atom is -0.496 e. The molecule has 3 heterocycles. The minimum absolute atomic E-state index is 0.562. The Morgan fingerprint density at radius 2 is 2.00 bits per heavy atom. The molecule has 24 heavy (non-hydrogen) atoms. The number of fused-ring (bicyclic) bond motifs is 1. The zero-order chi connectivity index (χ0) is 16.5. The van der Waals surface area contributed by atoms with Crippen LogP contribution in [0.3, 0.4) is 0 Å². The Balaban J connectivity index is 1.68. The van der Waals surface area contributed by atoms with E-state index in [-0.39, 0.29) is 0 Å². The van der Waals surface area contributed by atoms with Crippen molar-refractivity contribution in [2.45, 2.75) is 13.5 Å². The molecule has 0 N–H and O–H groups in total. The van der Waals surface area contributed by atoms with E-state index in [9.17, 15) is 0 Å². The normalized spacial score (nSPS) is 11.1. The maximum absolute atomic E-state index is 5.58. The van der Waals surface area contributed by atoms with Crippen LogP contribution in [0.2, 0.25) is 0 Å². The molecule has 0 radical (unpaired) electrons. The number of benzene rings is 1. The van der Waals surface area contributed by atoms with Gasteiger partial charge in [0.15, 0.2) is 11.6 Å². The summed E-state index contributed by atoms with van der Waals surface area (Å²) in [5.74, 6) is 2.90. The molecule has 0 fully saturated rings. The molecule has 0 aliphatic rings. The first kappa shape index (κ1) is 14.4. The van der Waals surface area contributed by atoms with Gasteiger partial charge in [-0.1, -0.05) is 18.2 Å². The zero-order valence-corrected chi connectivity index (χ0v) is 13.4. The highest BCUT2D eigenvalue weighted by molar-refractivity contribution is 5.74. The molecule has 0 saturated carbocycles. The van der Waals surface area contributed by atoms with E-state index in [0.29, 0.717) is 18.1 Å². The zero-order valence-electron chi connectivity index (χ0n) is 13.4. The monoisotopic (exact) mass is 320 g/mol. The van der Waals surface area contributed by atoms with Gasteiger partial charge in [0.25, 0.3) is 0 Å². The Labute approximate surface area is 138 Å². The van der Waals surface area contributed by atoms with E-state index in [0.717, 1.165) is 28.1 Å². The Morgan fingerprint density at radius 1 is 1.12 bits per heavy atom. The van der Waals surface area contributed by atoms with Gasteiger partial charge in [-0.2, -0.15) is 5.10 Å². The molecule has 4 rings (SSSR count). The van der Waals surface area contributed by atoms with Crippen molar-refractivity contribution in [3.05, 3.63) is 60.1 Å². The second-order valence-electron chi connectivity index (χ2n) is 5.51. The molecule has 0 unspecified atom stereocenters. The Hall–Kier alpha value is -3.15. The van der Waals surface area contributed by atoms with Crippen LogP contribution in [0.1, 0.15) is 11.3 Å². The van der Waals surface area contributed by atoms with E-state index >= 15 is 0 Å². The summed E-state index contributed by atoms with van der Waals surface area (Å²) in [6.45, 7) is 2.50. The van der Waals surface area contributed by atoms with Gasteiger partial charge in [0, 0.05) is 5.56 Å². The van der Waals surface area contributed by atoms with Gasteiger partial charge in [-0.05, 0) is 25.1 Å². The van der Waals surface area contributed by atoms with Crippen LogP contribution in [0.5, 0.6) is 5.75 Å². The molecular formula is C18H16N4O2. The number of nitrogens with zero attached hydrogens (tertiary/aromatic N) is 4. The summed E-state index contributed by atoms with van der Waals surface area (Å²) in [5.41, 5.74) is 2.59. The highest BCUT2D eigenvalue weighted by Crippen LogP contribution is 2.22. The fourth-order valence-electron chi connectivity index (χ4n) is 2.63. The van der Waals surface area contributed by atoms with Gasteiger partial charge in [-0.25, -0.2) is 9.97 Å². The van der Waals surface area contributed by atoms with Gasteiger partial charge < -0.3 is 9.15 Å². The Kier molecular flexibility index (Phi) is 3.49. The van der Waals surface area contributed by atoms with Crippen LogP contribution >= 0.6 is 0 Å². The van der Waals surface area contributed by atoms with Crippen molar-refractivity contribution in [2.24, 2.45) is 0 Å². The summed E-state index contributed by atoms with van der Waals surface area (Å²) < 4.78 is 12.8. The number of furan rings is 1. The third-order valence-corrected chi connectivity index (χ3v) is 3.79. The number of ether oxygens (including phenoxy) is 1. The van der Waals surface area contributed by atoms with Gasteiger partial charge in [-0.3, -0.25) is 4.68 Å². The second kappa shape index (κ2) is 5.81. The molecule has 0 aliphatic carbocycles. The van der Waals surface area contributed by atoms with E-state index in [1.165, 1.54) is 0 Å². The lowest BCUT2D eigenvalue weighted by Gasteiger charge is -2.07. The molecule has 0 bridgehead atoms. The van der Waals surface area contributed by atoms with Gasteiger partial charge in [0.05, 0.1) is 26.0 Å². The fourth-order valence-corrected chi connectivity index (χ4v) is 2.63. The minimum atomic E-state index is 0.562. The van der Waals surface area contributed by atoms with E-state index in [1.54, 1.807) is 13.3 Å². The maximum atomic E-state index is 5.58. The van der Waals surface area contributed by atoms with Crippen LogP contribution in [0, 0.1) is 6.92 Å². The second-order valence-corrected chi connectivity index (χ2v) is 5.51. The van der Waals surface area contributed by atoms with Crippen molar-refractivity contribution in [3.63, 3.8) is 0 Å². The summed E-state index contributed by atoms with van der Waals surface area (Å²) in [6.07, 6.45) is 3.62. The fraction of sp³-hybridized carbons (Fsp3) is 0.167. The van der Waals surface area contributed by atoms with Gasteiger partial charge in [-0.15, -0.1) is 0 Å². The van der Waals surface area contributed by atoms with Crippen molar-refractivity contribution in [1.29, 1.82) is 0 Å². The number of rotatable bonds is 4. The number of aromatic nitrogens is 4. The summed E-state index contributed by atoms with van der Waals surface area (Å²) in [5, 5.41) is 4.53. The highest BCUT2D eigenvalue weighted by Gasteiger charge is 2.10. The summed E-state index contributed by atoms with van der Waals surface area (Å²) in [7, 11) is 1.67. The van der Waals surface area contributed by atoms with E-state index in [4.69, 9.17) is 9.15 Å². The molecule has 3 aromatic heterocycles. The number of aryl methyl sites for hydroxylation is 1. The molecule has 0 saturated heterocycles. The van der Waals surface area contributed by atoms with Crippen molar-refractivity contribution in [2.75, 3.05) is 7.11 Å². The molecule has 6 heteroatoms. The Bertz CT molecular complexity index is 1000. The Morgan fingerprint density at radius 3 is 2.79 bits per heavy atom. The SMILES string of the molecule is COc1ccccc1Cn1cc2nc(-c3ccc(C)o3)ncc2n1. The topological polar surface area (TPSA) is 66.0 Å². The average molecular weight is 320 g/mol. The number of hydrogen-bond donors (Lipinski definition) is 0. The predicted molar refractivity (Wildman–Crippen MR) is 89.9 cm³/mol. The maximum Gasteiger partial charge on any atom is 0.196 e. The standard InChI is InChI=1S/C18H16N4O2/c1-12-7-8-17(24-12)18-19-9-14-15(20-18)11-22(21-14)10-13-5-3-4-6-16(13)23-2/h3-9,11H,10H2,1-2H3. The van der Waals surface area contributed by atoms with Crippen LogP contribution in [0.15, 0.2) is 53.2 Å². The number of methoxy groups -OCH3 is 1. The molecule has 0 atom stereocenters. The van der Waals surface area contributed by atoms with Crippen molar-refractivity contribution in [1.82, 2.24) is 19.7 Å². The largest absolute Gasteiger partial charge is 0.496 e. The van der Waals surface area contributed by atoms with E-state index in [1.807, 2.05) is 54.2 Å². The lowest BCUT2D eigenvalue weighted by molar-refractivity contribution is 0.407. The van der Waals surface area contributed by atoms with Crippen LogP contribution < -0.4 is 4.74 Å². The van der Waals surface area contributed by atoms with Crippen LogP contribution in [0.25, 0.3) is 22.6 Å². The van der Waals surface area contributed by atoms with Crippen LogP contribution in [-0.4, -0.2) is 26.9 Å². The first-order chi connectivity index (χ1) is 11.7.